The number of halogens is 1. The van der Waals surface area contributed by atoms with Crippen LogP contribution < -0.4 is 0 Å². The molecule has 2 heteroatoms. The van der Waals surface area contributed by atoms with Gasteiger partial charge in [0.1, 0.15) is 0 Å². The molecular formula is C46H27FSe. The van der Waals surface area contributed by atoms with Crippen LogP contribution in [0.2, 0.25) is 0 Å². The molecule has 0 unspecified atom stereocenters. The molecule has 0 aliphatic carbocycles. The average molecular weight is 678 g/mol. The zero-order chi connectivity index (χ0) is 31.8. The Bertz CT molecular complexity index is 2780. The van der Waals surface area contributed by atoms with Crippen LogP contribution in [-0.2, 0) is 0 Å². The van der Waals surface area contributed by atoms with E-state index in [1.54, 1.807) is 0 Å². The van der Waals surface area contributed by atoms with Gasteiger partial charge in [-0.15, -0.1) is 0 Å². The van der Waals surface area contributed by atoms with E-state index in [0.717, 1.165) is 21.9 Å². The minimum atomic E-state index is -0.153. The Labute approximate surface area is 283 Å². The van der Waals surface area contributed by atoms with Crippen molar-refractivity contribution in [1.82, 2.24) is 0 Å². The Kier molecular flexibility index (Phi) is 6.18. The van der Waals surface area contributed by atoms with Crippen LogP contribution in [0.25, 0.3) is 95.8 Å². The Morgan fingerprint density at radius 1 is 0.333 bits per heavy atom. The van der Waals surface area contributed by atoms with Crippen LogP contribution in [0.3, 0.4) is 0 Å². The maximum absolute atomic E-state index is 15.8. The van der Waals surface area contributed by atoms with Gasteiger partial charge in [0, 0.05) is 0 Å². The first kappa shape index (κ1) is 27.6. The van der Waals surface area contributed by atoms with E-state index in [1.165, 1.54) is 63.1 Å². The number of hydrogen-bond acceptors (Lipinski definition) is 0. The first-order chi connectivity index (χ1) is 23.8. The van der Waals surface area contributed by atoms with Gasteiger partial charge in [0.25, 0.3) is 0 Å². The number of rotatable bonds is 3. The number of hydrogen-bond donors (Lipinski definition) is 0. The van der Waals surface area contributed by atoms with Gasteiger partial charge in [0.15, 0.2) is 0 Å². The van der Waals surface area contributed by atoms with Crippen LogP contribution in [0, 0.1) is 5.82 Å². The van der Waals surface area contributed by atoms with Gasteiger partial charge in [-0.2, -0.15) is 0 Å². The standard InChI is InChI=1S/C46H27FSe/c47-46-36-21-10-8-19-34(36)43(35-20-9-11-22-37(35)46)29-25-26-40-39(27-29)45-38(23-12-24-41(45)48-40)44-32-17-6-4-15-30(32)42(28-13-2-1-3-14-28)31-16-5-7-18-33(31)44/h1-27H. The first-order valence-corrected chi connectivity index (χ1v) is 18.0. The van der Waals surface area contributed by atoms with E-state index >= 15 is 4.39 Å². The molecule has 1 heterocycles. The summed E-state index contributed by atoms with van der Waals surface area (Å²) in [6.45, 7) is 0. The van der Waals surface area contributed by atoms with E-state index in [4.69, 9.17) is 0 Å². The summed E-state index contributed by atoms with van der Waals surface area (Å²) in [6, 6.07) is 58.1. The average Bonchev–Trinajstić information content (AvgIpc) is 3.53. The molecule has 48 heavy (non-hydrogen) atoms. The van der Waals surface area contributed by atoms with Crippen molar-refractivity contribution in [3.05, 3.63) is 170 Å². The van der Waals surface area contributed by atoms with Crippen LogP contribution in [0.1, 0.15) is 0 Å². The summed E-state index contributed by atoms with van der Waals surface area (Å²) >= 11 is 0.182. The van der Waals surface area contributed by atoms with Crippen LogP contribution >= 0.6 is 0 Å². The van der Waals surface area contributed by atoms with Crippen LogP contribution in [-0.4, -0.2) is 14.5 Å². The third-order valence-corrected chi connectivity index (χ3v) is 12.3. The van der Waals surface area contributed by atoms with Crippen molar-refractivity contribution in [2.75, 3.05) is 0 Å². The minimum absolute atomic E-state index is 0.153. The van der Waals surface area contributed by atoms with Crippen LogP contribution in [0.5, 0.6) is 0 Å². The molecule has 10 aromatic rings. The molecule has 9 aromatic carbocycles. The summed E-state index contributed by atoms with van der Waals surface area (Å²) in [5.41, 5.74) is 7.27. The fourth-order valence-corrected chi connectivity index (χ4v) is 10.2. The maximum atomic E-state index is 15.8. The van der Waals surface area contributed by atoms with Gasteiger partial charge < -0.3 is 0 Å². The van der Waals surface area contributed by atoms with Crippen molar-refractivity contribution in [2.24, 2.45) is 0 Å². The normalized spacial score (nSPS) is 11.9. The van der Waals surface area contributed by atoms with E-state index in [-0.39, 0.29) is 20.3 Å². The third kappa shape index (κ3) is 4.00. The van der Waals surface area contributed by atoms with Crippen LogP contribution in [0.4, 0.5) is 4.39 Å². The van der Waals surface area contributed by atoms with Gasteiger partial charge in [-0.05, 0) is 0 Å². The SMILES string of the molecule is Fc1c2ccccc2c(-c2ccc3[se]c4cccc(-c5c6ccccc6c(-c6ccccc6)c6ccccc56)c4c3c2)c2ccccc12. The second-order valence-corrected chi connectivity index (χ2v) is 14.8. The Morgan fingerprint density at radius 3 is 1.40 bits per heavy atom. The predicted molar refractivity (Wildman–Crippen MR) is 205 cm³/mol. The van der Waals surface area contributed by atoms with Crippen LogP contribution in [0.15, 0.2) is 164 Å². The van der Waals surface area contributed by atoms with Gasteiger partial charge in [-0.3, -0.25) is 0 Å². The number of benzene rings is 9. The molecule has 0 aliphatic rings. The topological polar surface area (TPSA) is 0 Å². The molecule has 0 N–H and O–H groups in total. The summed E-state index contributed by atoms with van der Waals surface area (Å²) in [6.07, 6.45) is 0. The summed E-state index contributed by atoms with van der Waals surface area (Å²) in [5, 5.41) is 10.9. The summed E-state index contributed by atoms with van der Waals surface area (Å²) in [7, 11) is 0. The molecule has 224 valence electrons. The van der Waals surface area contributed by atoms with E-state index in [2.05, 4.69) is 127 Å². The fraction of sp³-hybridized carbons (Fsp3) is 0. The molecule has 0 bridgehead atoms. The molecule has 1 aromatic heterocycles. The van der Waals surface area contributed by atoms with Gasteiger partial charge in [0.2, 0.25) is 0 Å². The first-order valence-electron chi connectivity index (χ1n) is 16.3. The molecule has 0 spiro atoms. The molecular weight excluding hydrogens is 650 g/mol. The second-order valence-electron chi connectivity index (χ2n) is 12.5. The summed E-state index contributed by atoms with van der Waals surface area (Å²) < 4.78 is 18.6. The second kappa shape index (κ2) is 10.8. The van der Waals surface area contributed by atoms with Gasteiger partial charge in [-0.25, -0.2) is 0 Å². The molecule has 0 saturated carbocycles. The van der Waals surface area contributed by atoms with E-state index in [1.807, 2.05) is 36.4 Å². The zero-order valence-electron chi connectivity index (χ0n) is 25.9. The van der Waals surface area contributed by atoms with Crippen molar-refractivity contribution in [2.45, 2.75) is 0 Å². The monoisotopic (exact) mass is 678 g/mol. The Balaban J connectivity index is 1.32. The van der Waals surface area contributed by atoms with E-state index < -0.39 is 0 Å². The molecule has 0 amide bonds. The molecule has 10 rings (SSSR count). The van der Waals surface area contributed by atoms with E-state index in [0.29, 0.717) is 10.8 Å². The Morgan fingerprint density at radius 2 is 0.812 bits per heavy atom. The predicted octanol–water partition coefficient (Wildman–Crippen LogP) is 12.8. The molecule has 0 nitrogen and oxygen atoms in total. The van der Waals surface area contributed by atoms with Crippen molar-refractivity contribution >= 4 is 76.9 Å². The summed E-state index contributed by atoms with van der Waals surface area (Å²) in [4.78, 5) is 0. The van der Waals surface area contributed by atoms with E-state index in [9.17, 15) is 0 Å². The molecule has 0 atom stereocenters. The molecule has 0 saturated heterocycles. The third-order valence-electron chi connectivity index (χ3n) is 9.91. The van der Waals surface area contributed by atoms with Gasteiger partial charge >= 0.3 is 284 Å². The van der Waals surface area contributed by atoms with Gasteiger partial charge in [0.05, 0.1) is 0 Å². The Hall–Kier alpha value is -5.53. The zero-order valence-corrected chi connectivity index (χ0v) is 27.6. The van der Waals surface area contributed by atoms with Gasteiger partial charge in [-0.1, -0.05) is 0 Å². The van der Waals surface area contributed by atoms with Crippen molar-refractivity contribution in [3.63, 3.8) is 0 Å². The molecule has 0 fully saturated rings. The quantitative estimate of drug-likeness (QED) is 0.129. The van der Waals surface area contributed by atoms with Crippen molar-refractivity contribution in [1.29, 1.82) is 0 Å². The molecule has 0 radical (unpaired) electrons. The summed E-state index contributed by atoms with van der Waals surface area (Å²) in [5.74, 6) is -0.153. The van der Waals surface area contributed by atoms with Crippen molar-refractivity contribution in [3.8, 4) is 33.4 Å². The molecule has 0 aliphatic heterocycles. The number of fused-ring (bicyclic) bond motifs is 7. The van der Waals surface area contributed by atoms with Crippen molar-refractivity contribution < 1.29 is 4.39 Å². The fourth-order valence-electron chi connectivity index (χ4n) is 7.91.